The summed E-state index contributed by atoms with van der Waals surface area (Å²) >= 11 is 0. The summed E-state index contributed by atoms with van der Waals surface area (Å²) in [5, 5.41) is 20.8. The zero-order valence-electron chi connectivity index (χ0n) is 21.8. The summed E-state index contributed by atoms with van der Waals surface area (Å²) < 4.78 is 7.99. The van der Waals surface area contributed by atoms with Gasteiger partial charge in [-0.2, -0.15) is 0 Å². The first-order chi connectivity index (χ1) is 18.5. The third kappa shape index (κ3) is 4.43. The minimum atomic E-state index is -1.11. The molecule has 1 atom stereocenters. The molecule has 3 heterocycles. The number of pyridine rings is 1. The van der Waals surface area contributed by atoms with E-state index in [2.05, 4.69) is 0 Å². The number of aliphatic hydroxyl groups excluding tert-OH is 2. The Hall–Kier alpha value is -3.43. The maximum atomic E-state index is 13.9. The van der Waals surface area contributed by atoms with Crippen molar-refractivity contribution in [1.82, 2.24) is 19.4 Å². The highest BCUT2D eigenvalue weighted by Crippen LogP contribution is 2.40. The number of aliphatic hydroxyl groups is 2. The van der Waals surface area contributed by atoms with Gasteiger partial charge >= 0.3 is 0 Å². The molecule has 6 rings (SSSR count). The van der Waals surface area contributed by atoms with Gasteiger partial charge in [-0.1, -0.05) is 30.3 Å². The van der Waals surface area contributed by atoms with Crippen molar-refractivity contribution in [1.29, 1.82) is 0 Å². The first kappa shape index (κ1) is 24.9. The van der Waals surface area contributed by atoms with Gasteiger partial charge in [-0.25, -0.2) is 9.97 Å². The normalized spacial score (nSPS) is 19.8. The molecule has 2 N–H and O–H groups in total. The lowest BCUT2D eigenvalue weighted by Crippen LogP contribution is -2.60. The maximum absolute atomic E-state index is 13.9. The van der Waals surface area contributed by atoms with E-state index in [1.165, 1.54) is 11.3 Å². The largest absolute Gasteiger partial charge is 0.474 e. The molecule has 9 nitrogen and oxygen atoms in total. The number of hydrogen-bond donors (Lipinski definition) is 2. The minimum absolute atomic E-state index is 0.0541. The molecule has 0 spiro atoms. The molecule has 1 aliphatic heterocycles. The van der Waals surface area contributed by atoms with E-state index in [9.17, 15) is 15.0 Å². The fourth-order valence-corrected chi connectivity index (χ4v) is 5.44. The Morgan fingerprint density at radius 3 is 2.42 bits per heavy atom. The van der Waals surface area contributed by atoms with E-state index in [0.29, 0.717) is 36.2 Å². The first-order valence-electron chi connectivity index (χ1n) is 13.7. The number of rotatable bonds is 9. The smallest absolute Gasteiger partial charge is 0.277 e. The van der Waals surface area contributed by atoms with Crippen molar-refractivity contribution in [2.45, 2.75) is 76.9 Å². The van der Waals surface area contributed by atoms with Gasteiger partial charge in [0.05, 0.1) is 5.69 Å². The molecule has 0 radical (unpaired) electrons. The number of nitrogens with zero attached hydrogens (tertiary/aromatic N) is 5. The van der Waals surface area contributed by atoms with Crippen molar-refractivity contribution in [3.63, 3.8) is 0 Å². The Balaban J connectivity index is 1.47. The zero-order valence-corrected chi connectivity index (χ0v) is 21.8. The summed E-state index contributed by atoms with van der Waals surface area (Å²) in [5.41, 5.74) is 3.11. The van der Waals surface area contributed by atoms with Crippen LogP contribution in [0.1, 0.15) is 66.7 Å². The van der Waals surface area contributed by atoms with Gasteiger partial charge in [0, 0.05) is 37.4 Å². The van der Waals surface area contributed by atoms with Crippen molar-refractivity contribution < 1.29 is 19.7 Å². The van der Waals surface area contributed by atoms with E-state index in [4.69, 9.17) is 14.7 Å². The number of benzene rings is 1. The second-order valence-corrected chi connectivity index (χ2v) is 10.5. The molecule has 1 aromatic carbocycles. The van der Waals surface area contributed by atoms with E-state index in [-0.39, 0.29) is 31.2 Å². The number of ether oxygens (including phenoxy) is 1. The summed E-state index contributed by atoms with van der Waals surface area (Å²) in [5.74, 6) is 1.50. The molecule has 200 valence electrons. The van der Waals surface area contributed by atoms with Crippen LogP contribution in [0.25, 0.3) is 11.4 Å². The Morgan fingerprint density at radius 1 is 1.03 bits per heavy atom. The van der Waals surface area contributed by atoms with Crippen LogP contribution in [0.2, 0.25) is 0 Å². The molecule has 1 unspecified atom stereocenters. The van der Waals surface area contributed by atoms with E-state index < -0.39 is 6.35 Å². The van der Waals surface area contributed by atoms with Crippen molar-refractivity contribution in [3.8, 4) is 17.3 Å². The minimum Gasteiger partial charge on any atom is -0.474 e. The Kier molecular flexibility index (Phi) is 6.80. The van der Waals surface area contributed by atoms with Crippen LogP contribution in [0.3, 0.4) is 0 Å². The average Bonchev–Trinajstić information content (AvgIpc) is 3.22. The predicted octanol–water partition coefficient (Wildman–Crippen LogP) is 3.71. The summed E-state index contributed by atoms with van der Waals surface area (Å²) in [6.45, 7) is 2.60. The zero-order chi connectivity index (χ0) is 26.2. The number of imidazole rings is 1. The first-order valence-corrected chi connectivity index (χ1v) is 13.7. The van der Waals surface area contributed by atoms with Gasteiger partial charge in [0.1, 0.15) is 11.9 Å². The van der Waals surface area contributed by atoms with Gasteiger partial charge < -0.3 is 24.4 Å². The third-order valence-corrected chi connectivity index (χ3v) is 8.03. The summed E-state index contributed by atoms with van der Waals surface area (Å²) in [6, 6.07) is 14.0. The van der Waals surface area contributed by atoms with Crippen LogP contribution in [0.15, 0.2) is 42.5 Å². The van der Waals surface area contributed by atoms with Gasteiger partial charge in [-0.05, 0) is 63.5 Å². The van der Waals surface area contributed by atoms with Gasteiger partial charge in [0.2, 0.25) is 12.2 Å². The second-order valence-electron chi connectivity index (χ2n) is 10.5. The van der Waals surface area contributed by atoms with Crippen molar-refractivity contribution in [3.05, 3.63) is 59.4 Å². The van der Waals surface area contributed by atoms with Crippen LogP contribution < -0.4 is 9.64 Å². The SMILES string of the molecule is Cc1nc(OC2CCC2)ccc1-c1nc2c(n1Cc1ccccc1)C(=O)N(CCCO)C(O)N2C1CCC1. The summed E-state index contributed by atoms with van der Waals surface area (Å²) in [6.07, 6.45) is 5.78. The number of amides is 1. The Bertz CT molecular complexity index is 1300. The number of carbonyl (C=O) groups excluding carboxylic acids is 1. The number of hydrogen-bond acceptors (Lipinski definition) is 7. The van der Waals surface area contributed by atoms with Crippen molar-refractivity contribution in [2.75, 3.05) is 18.1 Å². The fourth-order valence-electron chi connectivity index (χ4n) is 5.44. The molecule has 0 saturated heterocycles. The molecule has 9 heteroatoms. The number of aryl methyl sites for hydroxylation is 1. The molecule has 3 aromatic rings. The predicted molar refractivity (Wildman–Crippen MR) is 143 cm³/mol. The monoisotopic (exact) mass is 517 g/mol. The highest BCUT2D eigenvalue weighted by atomic mass is 16.5. The van der Waals surface area contributed by atoms with Crippen molar-refractivity contribution >= 4 is 11.7 Å². The van der Waals surface area contributed by atoms with Crippen LogP contribution in [-0.2, 0) is 6.54 Å². The van der Waals surface area contributed by atoms with Gasteiger partial charge in [0.25, 0.3) is 5.91 Å². The van der Waals surface area contributed by atoms with Crippen LogP contribution in [-0.4, -0.2) is 67.2 Å². The molecule has 2 fully saturated rings. The van der Waals surface area contributed by atoms with E-state index in [1.54, 1.807) is 0 Å². The molecular weight excluding hydrogens is 482 g/mol. The molecule has 1 amide bonds. The average molecular weight is 518 g/mol. The lowest BCUT2D eigenvalue weighted by Gasteiger charge is -2.47. The van der Waals surface area contributed by atoms with E-state index in [0.717, 1.165) is 48.9 Å². The number of anilines is 1. The molecule has 3 aliphatic rings. The molecular formula is C29H35N5O4. The van der Waals surface area contributed by atoms with Gasteiger partial charge in [-0.3, -0.25) is 9.69 Å². The Morgan fingerprint density at radius 2 is 1.79 bits per heavy atom. The quantitative estimate of drug-likeness (QED) is 0.446. The highest BCUT2D eigenvalue weighted by Gasteiger charge is 2.45. The molecule has 2 aliphatic carbocycles. The van der Waals surface area contributed by atoms with Crippen LogP contribution in [0, 0.1) is 6.92 Å². The fraction of sp³-hybridized carbons (Fsp3) is 0.483. The number of aromatic nitrogens is 3. The third-order valence-electron chi connectivity index (χ3n) is 8.03. The second kappa shape index (κ2) is 10.4. The topological polar surface area (TPSA) is 104 Å². The summed E-state index contributed by atoms with van der Waals surface area (Å²) in [7, 11) is 0. The van der Waals surface area contributed by atoms with E-state index >= 15 is 0 Å². The summed E-state index contributed by atoms with van der Waals surface area (Å²) in [4.78, 5) is 27.1. The van der Waals surface area contributed by atoms with Crippen molar-refractivity contribution in [2.24, 2.45) is 0 Å². The van der Waals surface area contributed by atoms with Crippen LogP contribution >= 0.6 is 0 Å². The highest BCUT2D eigenvalue weighted by molar-refractivity contribution is 6.00. The van der Waals surface area contributed by atoms with Crippen LogP contribution in [0.5, 0.6) is 5.88 Å². The number of carbonyl (C=O) groups is 1. The Labute approximate surface area is 222 Å². The molecule has 2 aromatic heterocycles. The standard InChI is InChI=1S/C29H35N5O4/c1-19-23(14-15-24(30-19)38-22-12-6-13-22)26-31-27-25(33(26)18-20-8-3-2-4-9-20)28(36)32(16-7-17-35)29(37)34(27)21-10-5-11-21/h2-4,8-9,14-15,21-22,29,35,37H,5-7,10-13,16-18H2,1H3. The van der Waals surface area contributed by atoms with Gasteiger partial charge in [0.15, 0.2) is 11.5 Å². The van der Waals surface area contributed by atoms with E-state index in [1.807, 2.05) is 58.9 Å². The lowest BCUT2D eigenvalue weighted by atomic mass is 9.91. The van der Waals surface area contributed by atoms with Gasteiger partial charge in [-0.15, -0.1) is 0 Å². The maximum Gasteiger partial charge on any atom is 0.277 e. The lowest BCUT2D eigenvalue weighted by molar-refractivity contribution is -0.00996. The molecule has 38 heavy (non-hydrogen) atoms. The van der Waals surface area contributed by atoms with Crippen LogP contribution in [0.4, 0.5) is 5.82 Å². The molecule has 0 bridgehead atoms. The number of fused-ring (bicyclic) bond motifs is 1. The molecule has 2 saturated carbocycles.